The van der Waals surface area contributed by atoms with Crippen LogP contribution in [0.4, 0.5) is 5.69 Å². The van der Waals surface area contributed by atoms with Gasteiger partial charge in [0.05, 0.1) is 22.7 Å². The van der Waals surface area contributed by atoms with Crippen molar-refractivity contribution in [1.82, 2.24) is 10.2 Å². The number of sulfonamides is 1. The fourth-order valence-electron chi connectivity index (χ4n) is 3.85. The number of rotatable bonds is 11. The zero-order chi connectivity index (χ0) is 27.9. The maximum Gasteiger partial charge on any atom is 0.264 e. The van der Waals surface area contributed by atoms with Gasteiger partial charge in [-0.15, -0.1) is 0 Å². The summed E-state index contributed by atoms with van der Waals surface area (Å²) < 4.78 is 33.7. The first-order chi connectivity index (χ1) is 18.1. The third kappa shape index (κ3) is 6.85. The second-order valence-corrected chi connectivity index (χ2v) is 11.0. The Bertz CT molecular complexity index is 1360. The number of halogens is 1. The van der Waals surface area contributed by atoms with Gasteiger partial charge in [0, 0.05) is 13.1 Å². The predicted molar refractivity (Wildman–Crippen MR) is 149 cm³/mol. The number of hydrogen-bond donors (Lipinski definition) is 1. The van der Waals surface area contributed by atoms with Gasteiger partial charge in [-0.25, -0.2) is 8.42 Å². The van der Waals surface area contributed by atoms with Gasteiger partial charge in [0.25, 0.3) is 10.0 Å². The molecule has 0 aliphatic carbocycles. The molecule has 1 atom stereocenters. The molecule has 0 aliphatic heterocycles. The van der Waals surface area contributed by atoms with E-state index < -0.39 is 28.5 Å². The van der Waals surface area contributed by atoms with Crippen molar-refractivity contribution in [3.8, 4) is 5.75 Å². The molecule has 3 aromatic rings. The van der Waals surface area contributed by atoms with E-state index in [0.717, 1.165) is 15.4 Å². The van der Waals surface area contributed by atoms with E-state index >= 15 is 0 Å². The lowest BCUT2D eigenvalue weighted by Crippen LogP contribution is -2.51. The first-order valence-electron chi connectivity index (χ1n) is 12.1. The lowest BCUT2D eigenvalue weighted by Gasteiger charge is -2.32. The molecule has 0 aliphatic rings. The van der Waals surface area contributed by atoms with Crippen molar-refractivity contribution < 1.29 is 22.7 Å². The molecule has 0 aromatic heterocycles. The molecular weight excluding hydrogens is 526 g/mol. The number of hydrogen-bond acceptors (Lipinski definition) is 5. The van der Waals surface area contributed by atoms with E-state index in [1.807, 2.05) is 31.2 Å². The van der Waals surface area contributed by atoms with Crippen LogP contribution in [0.5, 0.6) is 5.75 Å². The fraction of sp³-hybridized carbons (Fsp3) is 0.286. The maximum atomic E-state index is 13.8. The molecular formula is C28H32ClN3O5S. The summed E-state index contributed by atoms with van der Waals surface area (Å²) in [7, 11) is -2.71. The second-order valence-electron chi connectivity index (χ2n) is 8.72. The van der Waals surface area contributed by atoms with Crippen molar-refractivity contribution in [3.05, 3.63) is 88.9 Å². The summed E-state index contributed by atoms with van der Waals surface area (Å²) in [4.78, 5) is 28.0. The molecule has 3 aromatic carbocycles. The maximum absolute atomic E-state index is 13.8. The van der Waals surface area contributed by atoms with Crippen LogP contribution in [-0.4, -0.2) is 51.4 Å². The third-order valence-electron chi connectivity index (χ3n) is 6.03. The van der Waals surface area contributed by atoms with Gasteiger partial charge in [0.1, 0.15) is 18.3 Å². The molecule has 1 N–H and O–H groups in total. The van der Waals surface area contributed by atoms with Gasteiger partial charge in [0.2, 0.25) is 11.8 Å². The summed E-state index contributed by atoms with van der Waals surface area (Å²) in [6.45, 7) is 5.34. The predicted octanol–water partition coefficient (Wildman–Crippen LogP) is 4.41. The van der Waals surface area contributed by atoms with Crippen LogP contribution < -0.4 is 14.4 Å². The largest absolute Gasteiger partial charge is 0.495 e. The summed E-state index contributed by atoms with van der Waals surface area (Å²) in [6.07, 6.45) is 0. The van der Waals surface area contributed by atoms with Crippen LogP contribution in [0.3, 0.4) is 0 Å². The average molecular weight is 558 g/mol. The van der Waals surface area contributed by atoms with E-state index in [4.69, 9.17) is 16.3 Å². The molecule has 0 radical (unpaired) electrons. The van der Waals surface area contributed by atoms with Crippen LogP contribution in [0, 0.1) is 6.92 Å². The summed E-state index contributed by atoms with van der Waals surface area (Å²) >= 11 is 6.32. The number of carbonyl (C=O) groups excluding carboxylic acids is 2. The normalized spacial score (nSPS) is 11.9. The summed E-state index contributed by atoms with van der Waals surface area (Å²) in [5.41, 5.74) is 2.05. The van der Waals surface area contributed by atoms with E-state index in [0.29, 0.717) is 12.3 Å². The molecule has 2 amide bonds. The Hall–Kier alpha value is -3.56. The molecule has 0 unspecified atom stereocenters. The number of amides is 2. The van der Waals surface area contributed by atoms with Crippen LogP contribution in [0.2, 0.25) is 5.02 Å². The molecule has 0 spiro atoms. The van der Waals surface area contributed by atoms with Gasteiger partial charge in [0.15, 0.2) is 0 Å². The topological polar surface area (TPSA) is 96.0 Å². The molecule has 0 bridgehead atoms. The number of nitrogens with zero attached hydrogens (tertiary/aromatic N) is 2. The van der Waals surface area contributed by atoms with Gasteiger partial charge < -0.3 is 15.0 Å². The smallest absolute Gasteiger partial charge is 0.264 e. The zero-order valence-electron chi connectivity index (χ0n) is 21.8. The standard InChI is InChI=1S/C28H32ClN3O5S/c1-5-30-28(34)21(3)31(18-22-13-11-20(2)12-14-22)27(33)19-32(23-15-16-26(37-4)25(29)17-23)38(35,36)24-9-7-6-8-10-24/h6-17,21H,5,18-19H2,1-4H3,(H,30,34)/t21-/m0/s1. The molecule has 38 heavy (non-hydrogen) atoms. The van der Waals surface area contributed by atoms with Crippen LogP contribution in [0.25, 0.3) is 0 Å². The molecule has 8 nitrogen and oxygen atoms in total. The van der Waals surface area contributed by atoms with Crippen molar-refractivity contribution in [2.45, 2.75) is 38.3 Å². The number of aryl methyl sites for hydroxylation is 1. The van der Waals surface area contributed by atoms with Gasteiger partial charge in [-0.2, -0.15) is 0 Å². The second kappa shape index (κ2) is 12.8. The Balaban J connectivity index is 2.04. The highest BCUT2D eigenvalue weighted by molar-refractivity contribution is 7.92. The van der Waals surface area contributed by atoms with Gasteiger partial charge in [-0.3, -0.25) is 13.9 Å². The molecule has 0 saturated carbocycles. The lowest BCUT2D eigenvalue weighted by atomic mass is 10.1. The highest BCUT2D eigenvalue weighted by Gasteiger charge is 2.32. The number of carbonyl (C=O) groups is 2. The number of methoxy groups -OCH3 is 1. The summed E-state index contributed by atoms with van der Waals surface area (Å²) in [5.74, 6) is -0.515. The van der Waals surface area contributed by atoms with Crippen molar-refractivity contribution in [2.75, 3.05) is 24.5 Å². The molecule has 10 heteroatoms. The fourth-order valence-corrected chi connectivity index (χ4v) is 5.53. The summed E-state index contributed by atoms with van der Waals surface area (Å²) in [5, 5.41) is 2.93. The number of likely N-dealkylation sites (N-methyl/N-ethyl adjacent to an activating group) is 1. The number of benzene rings is 3. The van der Waals surface area contributed by atoms with Crippen molar-refractivity contribution in [1.29, 1.82) is 0 Å². The van der Waals surface area contributed by atoms with Gasteiger partial charge in [-0.05, 0) is 56.7 Å². The highest BCUT2D eigenvalue weighted by atomic mass is 35.5. The first kappa shape index (κ1) is 29.0. The molecule has 0 fully saturated rings. The average Bonchev–Trinajstić information content (AvgIpc) is 2.91. The SMILES string of the molecule is CCNC(=O)[C@H](C)N(Cc1ccc(C)cc1)C(=O)CN(c1ccc(OC)c(Cl)c1)S(=O)(=O)c1ccccc1. The van der Waals surface area contributed by atoms with Crippen molar-refractivity contribution in [3.63, 3.8) is 0 Å². The van der Waals surface area contributed by atoms with E-state index in [2.05, 4.69) is 5.32 Å². The van der Waals surface area contributed by atoms with Crippen LogP contribution >= 0.6 is 11.6 Å². The minimum atomic E-state index is -4.17. The number of nitrogens with one attached hydrogen (secondary N) is 1. The Kier molecular flexibility index (Phi) is 9.77. The van der Waals surface area contributed by atoms with Crippen molar-refractivity contribution >= 4 is 39.1 Å². The Morgan fingerprint density at radius 3 is 2.26 bits per heavy atom. The Morgan fingerprint density at radius 2 is 1.68 bits per heavy atom. The van der Waals surface area contributed by atoms with Crippen LogP contribution in [-0.2, 0) is 26.2 Å². The zero-order valence-corrected chi connectivity index (χ0v) is 23.4. The number of ether oxygens (including phenoxy) is 1. The highest BCUT2D eigenvalue weighted by Crippen LogP contribution is 2.32. The van der Waals surface area contributed by atoms with E-state index in [1.54, 1.807) is 32.0 Å². The van der Waals surface area contributed by atoms with Gasteiger partial charge in [-0.1, -0.05) is 59.6 Å². The first-order valence-corrected chi connectivity index (χ1v) is 13.9. The summed E-state index contributed by atoms with van der Waals surface area (Å²) in [6, 6.07) is 19.1. The third-order valence-corrected chi connectivity index (χ3v) is 8.11. The Morgan fingerprint density at radius 1 is 1.03 bits per heavy atom. The quantitative estimate of drug-likeness (QED) is 0.377. The van der Waals surface area contributed by atoms with Crippen molar-refractivity contribution in [2.24, 2.45) is 0 Å². The molecule has 0 saturated heterocycles. The van der Waals surface area contributed by atoms with Crippen LogP contribution in [0.15, 0.2) is 77.7 Å². The molecule has 202 valence electrons. The molecule has 3 rings (SSSR count). The van der Waals surface area contributed by atoms with E-state index in [9.17, 15) is 18.0 Å². The lowest BCUT2D eigenvalue weighted by molar-refractivity contribution is -0.139. The molecule has 0 heterocycles. The van der Waals surface area contributed by atoms with E-state index in [1.165, 1.54) is 42.3 Å². The van der Waals surface area contributed by atoms with Crippen LogP contribution in [0.1, 0.15) is 25.0 Å². The Labute approximate surface area is 229 Å². The van der Waals surface area contributed by atoms with Gasteiger partial charge >= 0.3 is 0 Å². The number of anilines is 1. The minimum Gasteiger partial charge on any atom is -0.495 e. The van der Waals surface area contributed by atoms with E-state index in [-0.39, 0.29) is 28.1 Å². The minimum absolute atomic E-state index is 0.0154. The monoisotopic (exact) mass is 557 g/mol.